The summed E-state index contributed by atoms with van der Waals surface area (Å²) < 4.78 is 0. The van der Waals surface area contributed by atoms with Gasteiger partial charge < -0.3 is 5.11 Å². The maximum Gasteiger partial charge on any atom is 0.215 e. The van der Waals surface area contributed by atoms with Crippen molar-refractivity contribution < 1.29 is 9.90 Å². The van der Waals surface area contributed by atoms with Crippen molar-refractivity contribution >= 4 is 5.78 Å². The molecule has 0 spiro atoms. The van der Waals surface area contributed by atoms with Gasteiger partial charge in [0.15, 0.2) is 5.69 Å². The lowest BCUT2D eigenvalue weighted by Crippen LogP contribution is -2.10. The summed E-state index contributed by atoms with van der Waals surface area (Å²) in [4.78, 5) is 13.0. The quantitative estimate of drug-likeness (QED) is 0.342. The first-order chi connectivity index (χ1) is 14.6. The molecule has 3 aromatic rings. The van der Waals surface area contributed by atoms with Crippen LogP contribution in [0, 0.1) is 0 Å². The SMILES string of the molecule is CCCCCc1cc(CC(O)CCC)cc(-c2ccccc2C(=O)c2cn[nH]n2)c1. The molecule has 1 unspecified atom stereocenters. The molecule has 5 heteroatoms. The molecular formula is C25H31N3O2. The van der Waals surface area contributed by atoms with Crippen LogP contribution in [-0.2, 0) is 12.8 Å². The zero-order chi connectivity index (χ0) is 21.3. The number of ketones is 1. The van der Waals surface area contributed by atoms with Crippen molar-refractivity contribution in [1.82, 2.24) is 15.4 Å². The van der Waals surface area contributed by atoms with E-state index in [1.165, 1.54) is 24.6 Å². The molecule has 158 valence electrons. The second-order valence-electron chi connectivity index (χ2n) is 7.87. The molecule has 0 radical (unpaired) electrons. The Bertz CT molecular complexity index is 951. The summed E-state index contributed by atoms with van der Waals surface area (Å²) in [6.07, 6.45) is 7.98. The number of nitrogens with zero attached hydrogens (tertiary/aromatic N) is 2. The third-order valence-corrected chi connectivity index (χ3v) is 5.35. The number of hydrogen-bond acceptors (Lipinski definition) is 4. The first kappa shape index (κ1) is 21.9. The molecule has 0 aliphatic heterocycles. The Morgan fingerprint density at radius 2 is 1.87 bits per heavy atom. The van der Waals surface area contributed by atoms with Crippen LogP contribution in [0.5, 0.6) is 0 Å². The number of H-pyrrole nitrogens is 1. The van der Waals surface area contributed by atoms with E-state index in [2.05, 4.69) is 47.5 Å². The van der Waals surface area contributed by atoms with Crippen LogP contribution >= 0.6 is 0 Å². The Labute approximate surface area is 178 Å². The van der Waals surface area contributed by atoms with Gasteiger partial charge in [0.25, 0.3) is 0 Å². The van der Waals surface area contributed by atoms with Crippen molar-refractivity contribution in [2.45, 2.75) is 64.9 Å². The van der Waals surface area contributed by atoms with Gasteiger partial charge in [0, 0.05) is 5.56 Å². The summed E-state index contributed by atoms with van der Waals surface area (Å²) in [5.41, 5.74) is 5.17. The average molecular weight is 406 g/mol. The molecule has 0 fully saturated rings. The van der Waals surface area contributed by atoms with Gasteiger partial charge in [0.05, 0.1) is 12.3 Å². The molecule has 1 atom stereocenters. The number of hydrogen-bond donors (Lipinski definition) is 2. The number of benzene rings is 2. The Morgan fingerprint density at radius 3 is 2.60 bits per heavy atom. The molecule has 2 aromatic carbocycles. The minimum Gasteiger partial charge on any atom is -0.393 e. The first-order valence-electron chi connectivity index (χ1n) is 10.9. The first-order valence-corrected chi connectivity index (χ1v) is 10.9. The average Bonchev–Trinajstić information content (AvgIpc) is 3.28. The van der Waals surface area contributed by atoms with E-state index in [0.717, 1.165) is 42.4 Å². The molecule has 2 N–H and O–H groups in total. The lowest BCUT2D eigenvalue weighted by atomic mass is 9.91. The molecule has 1 heterocycles. The third kappa shape index (κ3) is 5.63. The van der Waals surface area contributed by atoms with Gasteiger partial charge in [-0.1, -0.05) is 75.6 Å². The van der Waals surface area contributed by atoms with Gasteiger partial charge in [-0.25, -0.2) is 0 Å². The van der Waals surface area contributed by atoms with E-state index >= 15 is 0 Å². The maximum absolute atomic E-state index is 13.0. The summed E-state index contributed by atoms with van der Waals surface area (Å²) in [7, 11) is 0. The molecule has 3 rings (SSSR count). The van der Waals surface area contributed by atoms with Crippen molar-refractivity contribution in [3.63, 3.8) is 0 Å². The van der Waals surface area contributed by atoms with Crippen LogP contribution in [0.3, 0.4) is 0 Å². The highest BCUT2D eigenvalue weighted by Gasteiger charge is 2.18. The van der Waals surface area contributed by atoms with Crippen LogP contribution in [0.1, 0.15) is 73.1 Å². The fourth-order valence-corrected chi connectivity index (χ4v) is 3.85. The molecule has 0 bridgehead atoms. The molecular weight excluding hydrogens is 374 g/mol. The topological polar surface area (TPSA) is 78.9 Å². The van der Waals surface area contributed by atoms with Gasteiger partial charge in [-0.15, -0.1) is 0 Å². The maximum atomic E-state index is 13.0. The fraction of sp³-hybridized carbons (Fsp3) is 0.400. The van der Waals surface area contributed by atoms with E-state index in [-0.39, 0.29) is 11.9 Å². The Hall–Kier alpha value is -2.79. The molecule has 0 saturated carbocycles. The van der Waals surface area contributed by atoms with E-state index in [1.807, 2.05) is 24.3 Å². The number of aliphatic hydroxyl groups excluding tert-OH is 1. The standard InChI is InChI=1S/C25H31N3O2/c1-3-5-6-10-18-13-19(16-21(29)9-4-2)15-20(14-18)22-11-7-8-12-23(22)25(30)24-17-26-28-27-24/h7-8,11-15,17,21,29H,3-6,9-10,16H2,1-2H3,(H,26,27,28). The summed E-state index contributed by atoms with van der Waals surface area (Å²) >= 11 is 0. The van der Waals surface area contributed by atoms with Crippen LogP contribution in [-0.4, -0.2) is 32.4 Å². The second-order valence-corrected chi connectivity index (χ2v) is 7.87. The van der Waals surface area contributed by atoms with Crippen LogP contribution in [0.2, 0.25) is 0 Å². The smallest absolute Gasteiger partial charge is 0.215 e. The van der Waals surface area contributed by atoms with E-state index < -0.39 is 0 Å². The zero-order valence-electron chi connectivity index (χ0n) is 17.9. The van der Waals surface area contributed by atoms with Gasteiger partial charge in [0.2, 0.25) is 5.78 Å². The number of rotatable bonds is 11. The van der Waals surface area contributed by atoms with Gasteiger partial charge >= 0.3 is 0 Å². The Morgan fingerprint density at radius 1 is 1.07 bits per heavy atom. The van der Waals surface area contributed by atoms with Gasteiger partial charge in [0.1, 0.15) is 0 Å². The van der Waals surface area contributed by atoms with Crippen LogP contribution in [0.4, 0.5) is 0 Å². The van der Waals surface area contributed by atoms with E-state index in [1.54, 1.807) is 0 Å². The molecule has 30 heavy (non-hydrogen) atoms. The number of nitrogens with one attached hydrogen (secondary N) is 1. The van der Waals surface area contributed by atoms with Crippen LogP contribution in [0.25, 0.3) is 11.1 Å². The highest BCUT2D eigenvalue weighted by atomic mass is 16.3. The Balaban J connectivity index is 1.99. The highest BCUT2D eigenvalue weighted by Crippen LogP contribution is 2.29. The number of carbonyl (C=O) groups excluding carboxylic acids is 1. The number of carbonyl (C=O) groups is 1. The van der Waals surface area contributed by atoms with E-state index in [4.69, 9.17) is 0 Å². The van der Waals surface area contributed by atoms with Crippen molar-refractivity contribution in [2.75, 3.05) is 0 Å². The minimum atomic E-state index is -0.347. The highest BCUT2D eigenvalue weighted by molar-refractivity contribution is 6.11. The molecule has 5 nitrogen and oxygen atoms in total. The van der Waals surface area contributed by atoms with E-state index in [9.17, 15) is 9.90 Å². The summed E-state index contributed by atoms with van der Waals surface area (Å²) in [6.45, 7) is 4.29. The third-order valence-electron chi connectivity index (χ3n) is 5.35. The number of aromatic amines is 1. The molecule has 0 aliphatic carbocycles. The normalized spacial score (nSPS) is 12.1. The minimum absolute atomic E-state index is 0.150. The number of aromatic nitrogens is 3. The summed E-state index contributed by atoms with van der Waals surface area (Å²) in [6, 6.07) is 14.1. The molecule has 0 aliphatic rings. The van der Waals surface area contributed by atoms with Crippen molar-refractivity contribution in [3.8, 4) is 11.1 Å². The van der Waals surface area contributed by atoms with Crippen LogP contribution < -0.4 is 0 Å². The molecule has 1 aromatic heterocycles. The fourth-order valence-electron chi connectivity index (χ4n) is 3.85. The van der Waals surface area contributed by atoms with E-state index in [0.29, 0.717) is 17.7 Å². The van der Waals surface area contributed by atoms with Crippen LogP contribution in [0.15, 0.2) is 48.7 Å². The second kappa shape index (κ2) is 10.8. The Kier molecular flexibility index (Phi) is 7.91. The van der Waals surface area contributed by atoms with Crippen molar-refractivity contribution in [2.24, 2.45) is 0 Å². The lowest BCUT2D eigenvalue weighted by Gasteiger charge is -2.15. The van der Waals surface area contributed by atoms with Gasteiger partial charge in [-0.05, 0) is 47.9 Å². The molecule has 0 amide bonds. The molecule has 0 saturated heterocycles. The summed E-state index contributed by atoms with van der Waals surface area (Å²) in [5, 5.41) is 20.6. The monoisotopic (exact) mass is 405 g/mol. The van der Waals surface area contributed by atoms with Gasteiger partial charge in [-0.2, -0.15) is 15.4 Å². The predicted octanol–water partition coefficient (Wildman–Crippen LogP) is 5.14. The lowest BCUT2D eigenvalue weighted by molar-refractivity contribution is 0.103. The predicted molar refractivity (Wildman–Crippen MR) is 120 cm³/mol. The zero-order valence-corrected chi connectivity index (χ0v) is 17.9. The summed E-state index contributed by atoms with van der Waals surface area (Å²) in [5.74, 6) is -0.150. The van der Waals surface area contributed by atoms with Gasteiger partial charge in [-0.3, -0.25) is 4.79 Å². The van der Waals surface area contributed by atoms with Crippen molar-refractivity contribution in [1.29, 1.82) is 0 Å². The van der Waals surface area contributed by atoms with Crippen molar-refractivity contribution in [3.05, 3.63) is 71.0 Å². The number of aryl methyl sites for hydroxylation is 1. The number of aliphatic hydroxyl groups is 1. The number of unbranched alkanes of at least 4 members (excludes halogenated alkanes) is 2. The largest absolute Gasteiger partial charge is 0.393 e.